The molecule has 0 atom stereocenters. The van der Waals surface area contributed by atoms with Crippen LogP contribution >= 0.6 is 15.9 Å². The van der Waals surface area contributed by atoms with Crippen molar-refractivity contribution in [1.29, 1.82) is 0 Å². The van der Waals surface area contributed by atoms with E-state index in [1.165, 1.54) is 12.1 Å². The van der Waals surface area contributed by atoms with Gasteiger partial charge in [-0.05, 0) is 84.0 Å². The van der Waals surface area contributed by atoms with Crippen molar-refractivity contribution in [2.75, 3.05) is 6.54 Å². The first-order valence-electron chi connectivity index (χ1n) is 7.71. The molecule has 1 fully saturated rings. The van der Waals surface area contributed by atoms with Crippen molar-refractivity contribution in [2.24, 2.45) is 23.0 Å². The van der Waals surface area contributed by atoms with Crippen molar-refractivity contribution in [2.45, 2.75) is 46.0 Å². The Morgan fingerprint density at radius 1 is 1.29 bits per heavy atom. The summed E-state index contributed by atoms with van der Waals surface area (Å²) < 4.78 is 28.5. The van der Waals surface area contributed by atoms with Gasteiger partial charge in [-0.15, -0.1) is 0 Å². The summed E-state index contributed by atoms with van der Waals surface area (Å²) in [7, 11) is 0. The Morgan fingerprint density at radius 2 is 1.90 bits per heavy atom. The largest absolute Gasteiger partial charge is 0.330 e. The predicted molar refractivity (Wildman–Crippen MR) is 86.0 cm³/mol. The van der Waals surface area contributed by atoms with Crippen LogP contribution in [-0.2, 0) is 6.42 Å². The maximum atomic E-state index is 14.2. The van der Waals surface area contributed by atoms with Gasteiger partial charge in [0, 0.05) is 5.56 Å². The van der Waals surface area contributed by atoms with E-state index in [0.717, 1.165) is 25.7 Å². The van der Waals surface area contributed by atoms with Crippen LogP contribution in [0.2, 0.25) is 0 Å². The SMILES string of the molecule is CC(C)C1CCC(CN)(Cc2c(F)ccc(Br)c2F)CC1. The summed E-state index contributed by atoms with van der Waals surface area (Å²) in [4.78, 5) is 0. The van der Waals surface area contributed by atoms with E-state index in [9.17, 15) is 8.78 Å². The van der Waals surface area contributed by atoms with E-state index in [2.05, 4.69) is 29.8 Å². The van der Waals surface area contributed by atoms with Gasteiger partial charge in [-0.3, -0.25) is 0 Å². The number of rotatable bonds is 4. The van der Waals surface area contributed by atoms with Gasteiger partial charge in [-0.2, -0.15) is 0 Å². The van der Waals surface area contributed by atoms with E-state index in [1.807, 2.05) is 0 Å². The fourth-order valence-corrected chi connectivity index (χ4v) is 3.85. The fourth-order valence-electron chi connectivity index (χ4n) is 3.48. The Labute approximate surface area is 134 Å². The Kier molecular flexibility index (Phi) is 5.42. The van der Waals surface area contributed by atoms with Gasteiger partial charge in [0.25, 0.3) is 0 Å². The molecule has 0 unspecified atom stereocenters. The summed E-state index contributed by atoms with van der Waals surface area (Å²) in [5.74, 6) is 0.435. The van der Waals surface area contributed by atoms with Gasteiger partial charge in [0.15, 0.2) is 0 Å². The molecule has 0 radical (unpaired) electrons. The topological polar surface area (TPSA) is 26.0 Å². The molecular formula is C17H24BrF2N. The molecule has 0 saturated heterocycles. The van der Waals surface area contributed by atoms with Crippen molar-refractivity contribution >= 4 is 15.9 Å². The fraction of sp³-hybridized carbons (Fsp3) is 0.647. The molecular weight excluding hydrogens is 336 g/mol. The molecule has 1 nitrogen and oxygen atoms in total. The number of nitrogens with two attached hydrogens (primary N) is 1. The zero-order chi connectivity index (χ0) is 15.6. The zero-order valence-electron chi connectivity index (χ0n) is 12.8. The monoisotopic (exact) mass is 359 g/mol. The second-order valence-electron chi connectivity index (χ2n) is 6.78. The molecule has 1 aliphatic carbocycles. The maximum absolute atomic E-state index is 14.2. The number of hydrogen-bond acceptors (Lipinski definition) is 1. The third-order valence-electron chi connectivity index (χ3n) is 5.16. The molecule has 21 heavy (non-hydrogen) atoms. The highest BCUT2D eigenvalue weighted by molar-refractivity contribution is 9.10. The lowest BCUT2D eigenvalue weighted by molar-refractivity contribution is 0.130. The maximum Gasteiger partial charge on any atom is 0.143 e. The minimum atomic E-state index is -0.478. The van der Waals surface area contributed by atoms with E-state index in [1.54, 1.807) is 0 Å². The average molecular weight is 360 g/mol. The lowest BCUT2D eigenvalue weighted by Gasteiger charge is -2.41. The quantitative estimate of drug-likeness (QED) is 0.746. The molecule has 0 heterocycles. The average Bonchev–Trinajstić information content (AvgIpc) is 2.48. The van der Waals surface area contributed by atoms with Crippen LogP contribution in [0.4, 0.5) is 8.78 Å². The Balaban J connectivity index is 2.19. The third-order valence-corrected chi connectivity index (χ3v) is 5.77. The first-order valence-corrected chi connectivity index (χ1v) is 8.50. The van der Waals surface area contributed by atoms with Gasteiger partial charge < -0.3 is 5.73 Å². The second-order valence-corrected chi connectivity index (χ2v) is 7.64. The van der Waals surface area contributed by atoms with Gasteiger partial charge in [-0.25, -0.2) is 8.78 Å². The molecule has 1 aromatic rings. The highest BCUT2D eigenvalue weighted by atomic mass is 79.9. The first-order chi connectivity index (χ1) is 9.88. The van der Waals surface area contributed by atoms with Crippen LogP contribution in [0.15, 0.2) is 16.6 Å². The lowest BCUT2D eigenvalue weighted by atomic mass is 9.65. The van der Waals surface area contributed by atoms with Crippen molar-refractivity contribution in [3.63, 3.8) is 0 Å². The van der Waals surface area contributed by atoms with E-state index in [-0.39, 0.29) is 11.0 Å². The van der Waals surface area contributed by atoms with E-state index < -0.39 is 11.6 Å². The van der Waals surface area contributed by atoms with Gasteiger partial charge >= 0.3 is 0 Å². The van der Waals surface area contributed by atoms with Crippen LogP contribution in [0.5, 0.6) is 0 Å². The van der Waals surface area contributed by atoms with Gasteiger partial charge in [-0.1, -0.05) is 13.8 Å². The van der Waals surface area contributed by atoms with Crippen molar-refractivity contribution in [3.8, 4) is 0 Å². The second kappa shape index (κ2) is 6.74. The van der Waals surface area contributed by atoms with E-state index >= 15 is 0 Å². The van der Waals surface area contributed by atoms with Crippen molar-refractivity contribution in [1.82, 2.24) is 0 Å². The Bertz CT molecular complexity index is 494. The van der Waals surface area contributed by atoms with Gasteiger partial charge in [0.05, 0.1) is 4.47 Å². The van der Waals surface area contributed by atoms with Crippen molar-refractivity contribution in [3.05, 3.63) is 33.8 Å². The Hall–Kier alpha value is -0.480. The molecule has 118 valence electrons. The molecule has 0 aromatic heterocycles. The van der Waals surface area contributed by atoms with Crippen LogP contribution in [0.3, 0.4) is 0 Å². The van der Waals surface area contributed by atoms with Crippen LogP contribution < -0.4 is 5.73 Å². The normalized spacial score (nSPS) is 26.3. The smallest absolute Gasteiger partial charge is 0.143 e. The first kappa shape index (κ1) is 16.9. The van der Waals surface area contributed by atoms with Crippen LogP contribution in [0.25, 0.3) is 0 Å². The molecule has 0 aliphatic heterocycles. The Morgan fingerprint density at radius 3 is 2.43 bits per heavy atom. The summed E-state index contributed by atoms with van der Waals surface area (Å²) in [5, 5.41) is 0. The highest BCUT2D eigenvalue weighted by Crippen LogP contribution is 2.43. The van der Waals surface area contributed by atoms with Crippen LogP contribution in [-0.4, -0.2) is 6.54 Å². The van der Waals surface area contributed by atoms with Crippen LogP contribution in [0.1, 0.15) is 45.1 Å². The standard InChI is InChI=1S/C17H24BrF2N/c1-11(2)12-5-7-17(10-21,8-6-12)9-13-15(19)4-3-14(18)16(13)20/h3-4,11-12H,5-10,21H2,1-2H3. The minimum absolute atomic E-state index is 0.159. The van der Waals surface area contributed by atoms with Gasteiger partial charge in [0.1, 0.15) is 11.6 Å². The number of benzene rings is 1. The third kappa shape index (κ3) is 3.65. The molecule has 2 rings (SSSR count). The van der Waals surface area contributed by atoms with Gasteiger partial charge in [0.2, 0.25) is 0 Å². The van der Waals surface area contributed by atoms with Crippen LogP contribution in [0, 0.1) is 28.9 Å². The number of halogens is 3. The summed E-state index contributed by atoms with van der Waals surface area (Å²) in [5.41, 5.74) is 6.01. The molecule has 0 bridgehead atoms. The predicted octanol–water partition coefficient (Wildman–Crippen LogP) is 5.06. The summed E-state index contributed by atoms with van der Waals surface area (Å²) in [6, 6.07) is 2.74. The molecule has 0 amide bonds. The summed E-state index contributed by atoms with van der Waals surface area (Å²) in [6.45, 7) is 4.98. The van der Waals surface area contributed by atoms with Crippen molar-refractivity contribution < 1.29 is 8.78 Å². The molecule has 1 aromatic carbocycles. The summed E-state index contributed by atoms with van der Waals surface area (Å²) in [6.07, 6.45) is 4.51. The number of hydrogen-bond donors (Lipinski definition) is 1. The van der Waals surface area contributed by atoms with E-state index in [0.29, 0.717) is 29.3 Å². The highest BCUT2D eigenvalue weighted by Gasteiger charge is 2.36. The zero-order valence-corrected chi connectivity index (χ0v) is 14.3. The molecule has 2 N–H and O–H groups in total. The minimum Gasteiger partial charge on any atom is -0.330 e. The lowest BCUT2D eigenvalue weighted by Crippen LogP contribution is -2.38. The molecule has 1 aliphatic rings. The van der Waals surface area contributed by atoms with E-state index in [4.69, 9.17) is 5.73 Å². The molecule has 4 heteroatoms. The summed E-state index contributed by atoms with van der Waals surface area (Å²) >= 11 is 3.14. The molecule has 0 spiro atoms. The molecule has 1 saturated carbocycles.